The average Bonchev–Trinajstić information content (AvgIpc) is 2.42. The molecule has 0 spiro atoms. The van der Waals surface area contributed by atoms with Crippen molar-refractivity contribution in [1.29, 1.82) is 0 Å². The van der Waals surface area contributed by atoms with Gasteiger partial charge in [-0.05, 0) is 18.2 Å². The molecule has 8 heteroatoms. The Morgan fingerprint density at radius 1 is 1.40 bits per heavy atom. The summed E-state index contributed by atoms with van der Waals surface area (Å²) in [5.41, 5.74) is 5.48. The van der Waals surface area contributed by atoms with Crippen molar-refractivity contribution in [1.82, 2.24) is 4.98 Å². The van der Waals surface area contributed by atoms with Gasteiger partial charge in [0.05, 0.1) is 17.0 Å². The van der Waals surface area contributed by atoms with E-state index in [4.69, 9.17) is 5.73 Å². The van der Waals surface area contributed by atoms with E-state index >= 15 is 0 Å². The van der Waals surface area contributed by atoms with Crippen LogP contribution in [0.1, 0.15) is 0 Å². The lowest BCUT2D eigenvalue weighted by Crippen LogP contribution is -2.18. The highest BCUT2D eigenvalue weighted by molar-refractivity contribution is 5.82. The van der Waals surface area contributed by atoms with Crippen LogP contribution in [0.15, 0.2) is 30.3 Å². The van der Waals surface area contributed by atoms with E-state index in [1.807, 2.05) is 0 Å². The molecule has 1 amide bonds. The van der Waals surface area contributed by atoms with E-state index in [-0.39, 0.29) is 12.3 Å². The number of rotatable bonds is 5. The third kappa shape index (κ3) is 3.31. The van der Waals surface area contributed by atoms with Gasteiger partial charge >= 0.3 is 6.09 Å². The summed E-state index contributed by atoms with van der Waals surface area (Å²) in [5, 5.41) is 14.3. The second-order valence-electron chi connectivity index (χ2n) is 3.92. The topological polar surface area (TPSA) is 120 Å². The van der Waals surface area contributed by atoms with Crippen molar-refractivity contribution in [2.45, 2.75) is 0 Å². The van der Waals surface area contributed by atoms with Crippen LogP contribution < -0.4 is 11.1 Å². The van der Waals surface area contributed by atoms with Crippen molar-refractivity contribution >= 4 is 28.5 Å². The van der Waals surface area contributed by atoms with Crippen LogP contribution in [-0.2, 0) is 4.74 Å². The van der Waals surface area contributed by atoms with Crippen molar-refractivity contribution in [2.75, 3.05) is 18.5 Å². The summed E-state index contributed by atoms with van der Waals surface area (Å²) in [6.45, 7) is 0.504. The number of amides is 1. The summed E-state index contributed by atoms with van der Waals surface area (Å²) in [4.78, 5) is 24.9. The number of anilines is 1. The second-order valence-corrected chi connectivity index (χ2v) is 3.92. The standard InChI is InChI=1S/C12H12N4O4/c13-12(17)20-6-5-14-11-4-1-8-7-9(16(18)19)2-3-10(8)15-11/h1-4,7H,5-6H2,(H2,13,17)(H,14,15). The average molecular weight is 276 g/mol. The Kier molecular flexibility index (Phi) is 3.94. The van der Waals surface area contributed by atoms with Gasteiger partial charge in [0.15, 0.2) is 0 Å². The summed E-state index contributed by atoms with van der Waals surface area (Å²) in [7, 11) is 0. The van der Waals surface area contributed by atoms with Crippen LogP contribution >= 0.6 is 0 Å². The molecule has 0 aliphatic heterocycles. The van der Waals surface area contributed by atoms with Crippen LogP contribution in [0.4, 0.5) is 16.3 Å². The van der Waals surface area contributed by atoms with E-state index in [9.17, 15) is 14.9 Å². The first-order valence-corrected chi connectivity index (χ1v) is 5.77. The summed E-state index contributed by atoms with van der Waals surface area (Å²) >= 11 is 0. The summed E-state index contributed by atoms with van der Waals surface area (Å²) in [6, 6.07) is 7.86. The normalized spacial score (nSPS) is 10.2. The molecule has 0 fully saturated rings. The van der Waals surface area contributed by atoms with Crippen molar-refractivity contribution in [3.05, 3.63) is 40.4 Å². The molecule has 3 N–H and O–H groups in total. The van der Waals surface area contributed by atoms with Gasteiger partial charge in [0.1, 0.15) is 12.4 Å². The fraction of sp³-hybridized carbons (Fsp3) is 0.167. The molecule has 0 unspecified atom stereocenters. The number of nitrogens with zero attached hydrogens (tertiary/aromatic N) is 2. The molecule has 0 radical (unpaired) electrons. The van der Waals surface area contributed by atoms with E-state index < -0.39 is 11.0 Å². The number of nitro benzene ring substituents is 1. The van der Waals surface area contributed by atoms with Crippen LogP contribution in [-0.4, -0.2) is 29.2 Å². The van der Waals surface area contributed by atoms with Crippen molar-refractivity contribution in [3.63, 3.8) is 0 Å². The smallest absolute Gasteiger partial charge is 0.404 e. The number of nitrogens with two attached hydrogens (primary N) is 1. The van der Waals surface area contributed by atoms with Gasteiger partial charge in [-0.1, -0.05) is 0 Å². The van der Waals surface area contributed by atoms with Crippen LogP contribution in [0.5, 0.6) is 0 Å². The number of primary amides is 1. The number of fused-ring (bicyclic) bond motifs is 1. The predicted molar refractivity (Wildman–Crippen MR) is 72.4 cm³/mol. The zero-order valence-corrected chi connectivity index (χ0v) is 10.4. The molecule has 8 nitrogen and oxygen atoms in total. The van der Waals surface area contributed by atoms with E-state index in [2.05, 4.69) is 15.0 Å². The van der Waals surface area contributed by atoms with Crippen LogP contribution in [0.3, 0.4) is 0 Å². The minimum Gasteiger partial charge on any atom is -0.448 e. The third-order valence-corrected chi connectivity index (χ3v) is 2.54. The zero-order chi connectivity index (χ0) is 14.5. The predicted octanol–water partition coefficient (Wildman–Crippen LogP) is 1.65. The van der Waals surface area contributed by atoms with Gasteiger partial charge in [0, 0.05) is 17.5 Å². The number of aromatic nitrogens is 1. The van der Waals surface area contributed by atoms with Gasteiger partial charge in [-0.2, -0.15) is 0 Å². The van der Waals surface area contributed by atoms with Gasteiger partial charge in [0.25, 0.3) is 5.69 Å². The number of ether oxygens (including phenoxy) is 1. The Morgan fingerprint density at radius 3 is 2.90 bits per heavy atom. The summed E-state index contributed by atoms with van der Waals surface area (Å²) in [6.07, 6.45) is -0.828. The largest absolute Gasteiger partial charge is 0.448 e. The van der Waals surface area contributed by atoms with Gasteiger partial charge in [-0.25, -0.2) is 9.78 Å². The third-order valence-electron chi connectivity index (χ3n) is 2.54. The number of nitro groups is 1. The molecule has 1 aromatic heterocycles. The SMILES string of the molecule is NC(=O)OCCNc1ccc2cc([N+](=O)[O-])ccc2n1. The molecular formula is C12H12N4O4. The van der Waals surface area contributed by atoms with Crippen molar-refractivity contribution < 1.29 is 14.5 Å². The molecule has 1 aromatic carbocycles. The maximum atomic E-state index is 10.7. The number of non-ortho nitro benzene ring substituents is 1. The number of carbonyl (C=O) groups excluding carboxylic acids is 1. The highest BCUT2D eigenvalue weighted by Crippen LogP contribution is 2.20. The minimum absolute atomic E-state index is 0.0230. The number of hydrogen-bond donors (Lipinski definition) is 2. The lowest BCUT2D eigenvalue weighted by molar-refractivity contribution is -0.384. The maximum absolute atomic E-state index is 10.7. The monoisotopic (exact) mass is 276 g/mol. The van der Waals surface area contributed by atoms with Crippen LogP contribution in [0.25, 0.3) is 10.9 Å². The Bertz CT molecular complexity index is 659. The Hall–Kier alpha value is -2.90. The first-order chi connectivity index (χ1) is 9.56. The lowest BCUT2D eigenvalue weighted by Gasteiger charge is -2.06. The molecule has 0 saturated heterocycles. The first-order valence-electron chi connectivity index (χ1n) is 5.77. The summed E-state index contributed by atoms with van der Waals surface area (Å²) < 4.78 is 4.57. The highest BCUT2D eigenvalue weighted by atomic mass is 16.6. The Labute approximate surface area is 113 Å². The molecule has 2 aromatic rings. The number of nitrogens with one attached hydrogen (secondary N) is 1. The van der Waals surface area contributed by atoms with Gasteiger partial charge in [-0.15, -0.1) is 0 Å². The maximum Gasteiger partial charge on any atom is 0.404 e. The minimum atomic E-state index is -0.828. The van der Waals surface area contributed by atoms with Gasteiger partial charge in [0.2, 0.25) is 0 Å². The quantitative estimate of drug-likeness (QED) is 0.486. The number of benzene rings is 1. The molecule has 104 valence electrons. The van der Waals surface area contributed by atoms with Gasteiger partial charge < -0.3 is 15.8 Å². The lowest BCUT2D eigenvalue weighted by atomic mass is 10.2. The Morgan fingerprint density at radius 2 is 2.20 bits per heavy atom. The fourth-order valence-electron chi connectivity index (χ4n) is 1.66. The fourth-order valence-corrected chi connectivity index (χ4v) is 1.66. The second kappa shape index (κ2) is 5.83. The number of carbonyl (C=O) groups is 1. The molecule has 0 atom stereocenters. The molecule has 0 bridgehead atoms. The van der Waals surface area contributed by atoms with Crippen molar-refractivity contribution in [2.24, 2.45) is 5.73 Å². The summed E-state index contributed by atoms with van der Waals surface area (Å²) in [5.74, 6) is 0.583. The van der Waals surface area contributed by atoms with E-state index in [0.717, 1.165) is 0 Å². The molecule has 1 heterocycles. The first kappa shape index (κ1) is 13.5. The van der Waals surface area contributed by atoms with Gasteiger partial charge in [-0.3, -0.25) is 10.1 Å². The molecule has 20 heavy (non-hydrogen) atoms. The molecule has 0 saturated carbocycles. The van der Waals surface area contributed by atoms with E-state index in [1.165, 1.54) is 12.1 Å². The molecule has 2 rings (SSSR count). The molecule has 0 aliphatic carbocycles. The zero-order valence-electron chi connectivity index (χ0n) is 10.4. The van der Waals surface area contributed by atoms with Crippen LogP contribution in [0, 0.1) is 10.1 Å². The molecule has 0 aliphatic rings. The molecular weight excluding hydrogens is 264 g/mol. The number of hydrogen-bond acceptors (Lipinski definition) is 6. The highest BCUT2D eigenvalue weighted by Gasteiger charge is 2.07. The number of pyridine rings is 1. The van der Waals surface area contributed by atoms with Crippen molar-refractivity contribution in [3.8, 4) is 0 Å². The Balaban J connectivity index is 2.08. The van der Waals surface area contributed by atoms with E-state index in [0.29, 0.717) is 23.3 Å². The van der Waals surface area contributed by atoms with Crippen LogP contribution in [0.2, 0.25) is 0 Å². The van der Waals surface area contributed by atoms with E-state index in [1.54, 1.807) is 18.2 Å².